The lowest BCUT2D eigenvalue weighted by Gasteiger charge is -2.09. The van der Waals surface area contributed by atoms with Gasteiger partial charge in [-0.25, -0.2) is 0 Å². The van der Waals surface area contributed by atoms with Crippen molar-refractivity contribution in [2.24, 2.45) is 5.73 Å². The summed E-state index contributed by atoms with van der Waals surface area (Å²) in [4.78, 5) is 11.0. The van der Waals surface area contributed by atoms with Crippen LogP contribution in [0.25, 0.3) is 10.8 Å². The fourth-order valence-corrected chi connectivity index (χ4v) is 2.45. The van der Waals surface area contributed by atoms with Gasteiger partial charge in [0, 0.05) is 13.5 Å². The van der Waals surface area contributed by atoms with E-state index < -0.39 is 0 Å². The molecule has 0 heterocycles. The molecule has 2 unspecified atom stereocenters. The average Bonchev–Trinajstić information content (AvgIpc) is 2.62. The maximum atomic E-state index is 11.0. The second-order valence-corrected chi connectivity index (χ2v) is 5.67. The molecule has 0 saturated carbocycles. The van der Waals surface area contributed by atoms with Crippen LogP contribution >= 0.6 is 19.3 Å². The van der Waals surface area contributed by atoms with Gasteiger partial charge >= 0.3 is 5.97 Å². The van der Waals surface area contributed by atoms with E-state index in [0.29, 0.717) is 12.4 Å². The van der Waals surface area contributed by atoms with E-state index in [2.05, 4.69) is 10.8 Å². The van der Waals surface area contributed by atoms with Gasteiger partial charge in [-0.1, -0.05) is 54.6 Å². The molecule has 0 amide bonds. The fourth-order valence-electron chi connectivity index (χ4n) is 1.68. The number of nitrogens with two attached hydrogens (primary N) is 1. The van der Waals surface area contributed by atoms with Gasteiger partial charge in [-0.05, 0) is 31.8 Å². The second kappa shape index (κ2) is 14.0. The molecule has 0 aliphatic carbocycles. The first-order chi connectivity index (χ1) is 11.6. The molecule has 2 aromatic rings. The summed E-state index contributed by atoms with van der Waals surface area (Å²) < 4.78 is 4.85. The normalized spacial score (nSPS) is 11.2. The quantitative estimate of drug-likeness (QED) is 0.549. The van der Waals surface area contributed by atoms with Crippen molar-refractivity contribution in [3.05, 3.63) is 42.5 Å². The Morgan fingerprint density at radius 3 is 2.50 bits per heavy atom. The number of ether oxygens (including phenoxy) is 1. The van der Waals surface area contributed by atoms with Gasteiger partial charge in [-0.3, -0.25) is 9.88 Å². The molecule has 0 saturated heterocycles. The summed E-state index contributed by atoms with van der Waals surface area (Å²) in [5.41, 5.74) is 4.50. The number of carbonyl (C=O) groups excluding carboxylic acids is 1. The van der Waals surface area contributed by atoms with Gasteiger partial charge in [-0.15, -0.1) is 0 Å². The monoisotopic (exact) mass is 372 g/mol. The number of rotatable bonds is 5. The highest BCUT2D eigenvalue weighted by molar-refractivity contribution is 7.66. The summed E-state index contributed by atoms with van der Waals surface area (Å²) in [7, 11) is 1.56. The lowest BCUT2D eigenvalue weighted by molar-refractivity contribution is -0.145. The third kappa shape index (κ3) is 8.46. The standard InChI is InChI=1S/C10H8O.C6H13ClNO2P.CH5N/c11-10-7-3-5-8-4-1-2-6-9(8)10;1-3-4-10-6(9)5(2)8-11-7;1-2/h1-7,11H;5,8,11H,3-4H2,1-2H3;2H2,1H3. The van der Waals surface area contributed by atoms with Crippen molar-refractivity contribution in [2.45, 2.75) is 26.3 Å². The summed E-state index contributed by atoms with van der Waals surface area (Å²) in [5, 5.41) is 14.1. The first-order valence-electron chi connectivity index (χ1n) is 7.62. The minimum Gasteiger partial charge on any atom is -0.507 e. The molecule has 2 rings (SSSR count). The van der Waals surface area contributed by atoms with Gasteiger partial charge in [0.15, 0.2) is 0 Å². The van der Waals surface area contributed by atoms with E-state index in [1.807, 2.05) is 43.3 Å². The van der Waals surface area contributed by atoms with Crippen LogP contribution in [-0.4, -0.2) is 30.8 Å². The Labute approximate surface area is 150 Å². The van der Waals surface area contributed by atoms with Crippen molar-refractivity contribution in [2.75, 3.05) is 13.7 Å². The minimum atomic E-state index is -0.294. The zero-order chi connectivity index (χ0) is 18.4. The molecule has 0 spiro atoms. The largest absolute Gasteiger partial charge is 0.507 e. The summed E-state index contributed by atoms with van der Waals surface area (Å²) in [5.74, 6) is 0.114. The smallest absolute Gasteiger partial charge is 0.323 e. The van der Waals surface area contributed by atoms with Crippen LogP contribution in [0.15, 0.2) is 42.5 Å². The predicted molar refractivity (Wildman–Crippen MR) is 104 cm³/mol. The summed E-state index contributed by atoms with van der Waals surface area (Å²) in [6.45, 7) is 4.16. The number of esters is 1. The van der Waals surface area contributed by atoms with Crippen LogP contribution < -0.4 is 10.8 Å². The number of carbonyl (C=O) groups is 1. The summed E-state index contributed by atoms with van der Waals surface area (Å²) >= 11 is 5.38. The molecule has 2 atom stereocenters. The zero-order valence-electron chi connectivity index (χ0n) is 14.3. The summed E-state index contributed by atoms with van der Waals surface area (Å²) in [6.07, 6.45) is 0.849. The van der Waals surface area contributed by atoms with E-state index in [-0.39, 0.29) is 20.1 Å². The Kier molecular flexibility index (Phi) is 13.2. The molecule has 4 N–H and O–H groups in total. The van der Waals surface area contributed by atoms with Crippen LogP contribution in [-0.2, 0) is 9.53 Å². The topological polar surface area (TPSA) is 84.6 Å². The Morgan fingerprint density at radius 2 is 1.92 bits per heavy atom. The maximum Gasteiger partial charge on any atom is 0.323 e. The van der Waals surface area contributed by atoms with Gasteiger partial charge in [-0.2, -0.15) is 0 Å². The lowest BCUT2D eigenvalue weighted by Crippen LogP contribution is -2.29. The molecule has 5 nitrogen and oxygen atoms in total. The van der Waals surface area contributed by atoms with Crippen molar-refractivity contribution in [1.29, 1.82) is 0 Å². The third-order valence-electron chi connectivity index (χ3n) is 2.84. The van der Waals surface area contributed by atoms with Crippen LogP contribution in [0.4, 0.5) is 0 Å². The molecule has 24 heavy (non-hydrogen) atoms. The maximum absolute atomic E-state index is 11.0. The number of hydrogen-bond acceptors (Lipinski definition) is 5. The fraction of sp³-hybridized carbons (Fsp3) is 0.353. The van der Waals surface area contributed by atoms with Crippen molar-refractivity contribution in [3.63, 3.8) is 0 Å². The second-order valence-electron chi connectivity index (χ2n) is 4.63. The molecule has 2 aromatic carbocycles. The van der Waals surface area contributed by atoms with Crippen molar-refractivity contribution in [1.82, 2.24) is 5.09 Å². The Bertz CT molecular complexity index is 594. The number of phenolic OH excluding ortho intramolecular Hbond substituents is 1. The average molecular weight is 373 g/mol. The number of aromatic hydroxyl groups is 1. The van der Waals surface area contributed by atoms with Crippen LogP contribution in [0, 0.1) is 0 Å². The highest BCUT2D eigenvalue weighted by atomic mass is 35.7. The van der Waals surface area contributed by atoms with Gasteiger partial charge in [0.2, 0.25) is 0 Å². The summed E-state index contributed by atoms with van der Waals surface area (Å²) in [6, 6.07) is 13.0. The number of benzene rings is 2. The molecular formula is C17H26ClN2O3P. The van der Waals surface area contributed by atoms with E-state index in [4.69, 9.17) is 16.0 Å². The van der Waals surface area contributed by atoms with E-state index >= 15 is 0 Å². The SMILES string of the molecule is CCCOC(=O)C(C)NPCl.CN.Oc1cccc2ccccc12. The lowest BCUT2D eigenvalue weighted by atomic mass is 10.1. The van der Waals surface area contributed by atoms with Gasteiger partial charge in [0.1, 0.15) is 11.8 Å². The number of halogens is 1. The Morgan fingerprint density at radius 1 is 1.29 bits per heavy atom. The van der Waals surface area contributed by atoms with Crippen LogP contribution in [0.3, 0.4) is 0 Å². The first kappa shape index (κ1) is 22.6. The molecule has 0 bridgehead atoms. The van der Waals surface area contributed by atoms with Crippen LogP contribution in [0.5, 0.6) is 5.75 Å². The van der Waals surface area contributed by atoms with Gasteiger partial charge in [0.25, 0.3) is 0 Å². The Balaban J connectivity index is 0.000000400. The number of hydrogen-bond donors (Lipinski definition) is 3. The third-order valence-corrected chi connectivity index (χ3v) is 3.71. The molecule has 0 fully saturated rings. The Hall–Kier alpha value is -1.39. The molecule has 0 aliphatic rings. The van der Waals surface area contributed by atoms with E-state index in [1.165, 1.54) is 7.05 Å². The number of fused-ring (bicyclic) bond motifs is 1. The molecule has 0 aromatic heterocycles. The zero-order valence-corrected chi connectivity index (χ0v) is 16.0. The predicted octanol–water partition coefficient (Wildman–Crippen LogP) is 3.79. The highest BCUT2D eigenvalue weighted by Crippen LogP contribution is 2.22. The molecule has 134 valence electrons. The van der Waals surface area contributed by atoms with E-state index in [9.17, 15) is 9.90 Å². The minimum absolute atomic E-state index is 0.0574. The molecule has 0 radical (unpaired) electrons. The van der Waals surface area contributed by atoms with Crippen molar-refractivity contribution < 1.29 is 14.6 Å². The van der Waals surface area contributed by atoms with Gasteiger partial charge in [0.05, 0.1) is 6.61 Å². The highest BCUT2D eigenvalue weighted by Gasteiger charge is 2.11. The van der Waals surface area contributed by atoms with Crippen molar-refractivity contribution >= 4 is 36.1 Å². The first-order valence-corrected chi connectivity index (χ1v) is 9.63. The van der Waals surface area contributed by atoms with Crippen molar-refractivity contribution in [3.8, 4) is 5.75 Å². The van der Waals surface area contributed by atoms with E-state index in [0.717, 1.165) is 17.2 Å². The number of phenols is 1. The number of nitrogens with one attached hydrogen (secondary N) is 1. The van der Waals surface area contributed by atoms with Crippen LogP contribution in [0.1, 0.15) is 20.3 Å². The molecular weight excluding hydrogens is 347 g/mol. The van der Waals surface area contributed by atoms with Gasteiger partial charge < -0.3 is 15.6 Å². The van der Waals surface area contributed by atoms with E-state index in [1.54, 1.807) is 13.0 Å². The van der Waals surface area contributed by atoms with Crippen LogP contribution in [0.2, 0.25) is 0 Å². The molecule has 7 heteroatoms. The molecule has 0 aliphatic heterocycles.